The van der Waals surface area contributed by atoms with E-state index >= 15 is 0 Å². The maximum Gasteiger partial charge on any atom is 0.298 e. The first-order valence-corrected chi connectivity index (χ1v) is 9.92. The summed E-state index contributed by atoms with van der Waals surface area (Å²) in [5.41, 5.74) is 1.51. The van der Waals surface area contributed by atoms with Crippen LogP contribution in [0.2, 0.25) is 5.02 Å². The van der Waals surface area contributed by atoms with E-state index in [9.17, 15) is 19.7 Å². The molecule has 0 bridgehead atoms. The molecule has 30 heavy (non-hydrogen) atoms. The second-order valence-electron chi connectivity index (χ2n) is 6.45. The molecule has 2 amide bonds. The molecule has 3 aromatic rings. The fraction of sp³-hybridized carbons (Fsp3) is 0.0476. The van der Waals surface area contributed by atoms with Crippen LogP contribution >= 0.6 is 23.4 Å². The number of nitro benzene ring substituents is 1. The minimum atomic E-state index is -0.462. The maximum absolute atomic E-state index is 12.7. The molecule has 0 N–H and O–H groups in total. The van der Waals surface area contributed by atoms with Crippen molar-refractivity contribution in [2.45, 2.75) is 6.92 Å². The second kappa shape index (κ2) is 7.81. The molecule has 2 aromatic carbocycles. The summed E-state index contributed by atoms with van der Waals surface area (Å²) in [5.74, 6) is 0.312. The fourth-order valence-electron chi connectivity index (χ4n) is 2.95. The number of amides is 2. The molecular formula is C21H13ClN2O5S. The zero-order valence-electron chi connectivity index (χ0n) is 15.5. The molecule has 1 saturated heterocycles. The summed E-state index contributed by atoms with van der Waals surface area (Å²) < 4.78 is 5.73. The smallest absolute Gasteiger partial charge is 0.298 e. The van der Waals surface area contributed by atoms with E-state index in [-0.39, 0.29) is 10.6 Å². The van der Waals surface area contributed by atoms with Crippen molar-refractivity contribution in [1.29, 1.82) is 0 Å². The lowest BCUT2D eigenvalue weighted by atomic mass is 10.1. The van der Waals surface area contributed by atoms with Crippen LogP contribution in [0.15, 0.2) is 63.9 Å². The number of rotatable bonds is 4. The Kier molecular flexibility index (Phi) is 5.19. The fourth-order valence-corrected chi connectivity index (χ4v) is 3.90. The molecule has 1 fully saturated rings. The number of imide groups is 1. The normalized spacial score (nSPS) is 15.3. The van der Waals surface area contributed by atoms with Crippen LogP contribution in [0.25, 0.3) is 17.4 Å². The number of hydrogen-bond acceptors (Lipinski definition) is 6. The third-order valence-electron chi connectivity index (χ3n) is 4.47. The molecule has 1 aliphatic heterocycles. The van der Waals surface area contributed by atoms with Crippen LogP contribution < -0.4 is 4.90 Å². The van der Waals surface area contributed by atoms with Crippen LogP contribution in [-0.2, 0) is 4.79 Å². The number of halogens is 1. The molecule has 0 aliphatic carbocycles. The van der Waals surface area contributed by atoms with Gasteiger partial charge in [-0.15, -0.1) is 0 Å². The standard InChI is InChI=1S/C21H13ClN2O5S/c1-12-2-3-13(10-17(12)24(27)28)18-9-8-16(29-18)11-19-20(25)23(21(26)30-19)15-6-4-14(22)5-7-15/h2-11H,1H3/b19-11+. The number of aryl methyl sites for hydroxylation is 1. The summed E-state index contributed by atoms with van der Waals surface area (Å²) in [6.07, 6.45) is 1.48. The number of carbonyl (C=O) groups excluding carboxylic acids is 2. The van der Waals surface area contributed by atoms with Crippen molar-refractivity contribution in [3.63, 3.8) is 0 Å². The first-order chi connectivity index (χ1) is 14.3. The summed E-state index contributed by atoms with van der Waals surface area (Å²) in [6.45, 7) is 1.66. The Hall–Kier alpha value is -3.36. The minimum Gasteiger partial charge on any atom is -0.457 e. The lowest BCUT2D eigenvalue weighted by molar-refractivity contribution is -0.385. The van der Waals surface area contributed by atoms with Crippen LogP contribution in [0.1, 0.15) is 11.3 Å². The Balaban J connectivity index is 1.61. The van der Waals surface area contributed by atoms with Crippen molar-refractivity contribution in [1.82, 2.24) is 0 Å². The lowest BCUT2D eigenvalue weighted by Gasteiger charge is -2.11. The Bertz CT molecular complexity index is 1220. The molecule has 150 valence electrons. The molecule has 0 unspecified atom stereocenters. The zero-order valence-corrected chi connectivity index (χ0v) is 17.1. The molecule has 2 heterocycles. The lowest BCUT2D eigenvalue weighted by Crippen LogP contribution is -2.27. The summed E-state index contributed by atoms with van der Waals surface area (Å²) in [6, 6.07) is 14.5. The number of anilines is 1. The van der Waals surface area contributed by atoms with Crippen LogP contribution in [0.3, 0.4) is 0 Å². The topological polar surface area (TPSA) is 93.7 Å². The molecule has 1 aromatic heterocycles. The molecule has 0 atom stereocenters. The van der Waals surface area contributed by atoms with Crippen LogP contribution in [0, 0.1) is 17.0 Å². The van der Waals surface area contributed by atoms with E-state index in [1.54, 1.807) is 55.5 Å². The van der Waals surface area contributed by atoms with Crippen molar-refractivity contribution < 1.29 is 18.9 Å². The number of carbonyl (C=O) groups is 2. The molecular weight excluding hydrogens is 428 g/mol. The molecule has 7 nitrogen and oxygen atoms in total. The van der Waals surface area contributed by atoms with E-state index in [0.29, 0.717) is 33.4 Å². The minimum absolute atomic E-state index is 0.00506. The van der Waals surface area contributed by atoms with Gasteiger partial charge in [0, 0.05) is 28.3 Å². The van der Waals surface area contributed by atoms with E-state index in [4.69, 9.17) is 16.0 Å². The number of benzene rings is 2. The first-order valence-electron chi connectivity index (χ1n) is 8.72. The van der Waals surface area contributed by atoms with Crippen molar-refractivity contribution in [3.05, 3.63) is 86.0 Å². The summed E-state index contributed by atoms with van der Waals surface area (Å²) >= 11 is 6.67. The van der Waals surface area contributed by atoms with E-state index in [1.165, 1.54) is 12.1 Å². The number of nitro groups is 1. The molecule has 0 radical (unpaired) electrons. The summed E-state index contributed by atoms with van der Waals surface area (Å²) in [5, 5.41) is 11.2. The second-order valence-corrected chi connectivity index (χ2v) is 7.88. The van der Waals surface area contributed by atoms with Crippen molar-refractivity contribution in [3.8, 4) is 11.3 Å². The van der Waals surface area contributed by atoms with Gasteiger partial charge in [0.15, 0.2) is 0 Å². The van der Waals surface area contributed by atoms with Crippen LogP contribution in [0.4, 0.5) is 16.2 Å². The SMILES string of the molecule is Cc1ccc(-c2ccc(/C=C3/SC(=O)N(c4ccc(Cl)cc4)C3=O)o2)cc1[N+](=O)[O-]. The predicted molar refractivity (Wildman–Crippen MR) is 115 cm³/mol. The van der Waals surface area contributed by atoms with Gasteiger partial charge in [-0.05, 0) is 55.1 Å². The highest BCUT2D eigenvalue weighted by Gasteiger charge is 2.36. The first kappa shape index (κ1) is 19.9. The average Bonchev–Trinajstić information content (AvgIpc) is 3.28. The number of nitrogens with zero attached hydrogens (tertiary/aromatic N) is 2. The van der Waals surface area contributed by atoms with Gasteiger partial charge in [-0.3, -0.25) is 19.7 Å². The number of thioether (sulfide) groups is 1. The van der Waals surface area contributed by atoms with Crippen LogP contribution in [-0.4, -0.2) is 16.1 Å². The van der Waals surface area contributed by atoms with Crippen molar-refractivity contribution in [2.75, 3.05) is 4.90 Å². The van der Waals surface area contributed by atoms with Gasteiger partial charge in [0.05, 0.1) is 15.5 Å². The van der Waals surface area contributed by atoms with Gasteiger partial charge >= 0.3 is 0 Å². The highest BCUT2D eigenvalue weighted by atomic mass is 35.5. The van der Waals surface area contributed by atoms with Gasteiger partial charge in [0.1, 0.15) is 11.5 Å². The van der Waals surface area contributed by atoms with E-state index in [1.807, 2.05) is 0 Å². The van der Waals surface area contributed by atoms with Crippen LogP contribution in [0.5, 0.6) is 0 Å². The zero-order chi connectivity index (χ0) is 21.4. The average molecular weight is 441 g/mol. The number of furan rings is 1. The highest BCUT2D eigenvalue weighted by Crippen LogP contribution is 2.37. The Morgan fingerprint density at radius 2 is 1.83 bits per heavy atom. The van der Waals surface area contributed by atoms with Gasteiger partial charge in [0.2, 0.25) is 0 Å². The molecule has 0 saturated carbocycles. The molecule has 1 aliphatic rings. The molecule has 0 spiro atoms. The predicted octanol–water partition coefficient (Wildman–Crippen LogP) is 6.06. The maximum atomic E-state index is 12.7. The number of hydrogen-bond donors (Lipinski definition) is 0. The van der Waals surface area contributed by atoms with Gasteiger partial charge in [-0.25, -0.2) is 4.90 Å². The van der Waals surface area contributed by atoms with E-state index in [0.717, 1.165) is 16.7 Å². The summed E-state index contributed by atoms with van der Waals surface area (Å²) in [4.78, 5) is 37.0. The quantitative estimate of drug-likeness (QED) is 0.278. The highest BCUT2D eigenvalue weighted by molar-refractivity contribution is 8.19. The Labute approximate surface area is 180 Å². The summed E-state index contributed by atoms with van der Waals surface area (Å²) in [7, 11) is 0. The molecule has 4 rings (SSSR count). The van der Waals surface area contributed by atoms with Gasteiger partial charge in [-0.1, -0.05) is 23.7 Å². The van der Waals surface area contributed by atoms with E-state index < -0.39 is 16.1 Å². The third kappa shape index (κ3) is 3.74. The van der Waals surface area contributed by atoms with Gasteiger partial charge < -0.3 is 4.42 Å². The van der Waals surface area contributed by atoms with Crippen molar-refractivity contribution >= 4 is 52.0 Å². The van der Waals surface area contributed by atoms with Crippen molar-refractivity contribution in [2.24, 2.45) is 0 Å². The monoisotopic (exact) mass is 440 g/mol. The van der Waals surface area contributed by atoms with E-state index in [2.05, 4.69) is 0 Å². The van der Waals surface area contributed by atoms with Gasteiger partial charge in [-0.2, -0.15) is 0 Å². The molecule has 9 heteroatoms. The van der Waals surface area contributed by atoms with Gasteiger partial charge in [0.25, 0.3) is 16.8 Å². The third-order valence-corrected chi connectivity index (χ3v) is 5.59. The Morgan fingerprint density at radius 1 is 1.10 bits per heavy atom. The Morgan fingerprint density at radius 3 is 2.53 bits per heavy atom. The largest absolute Gasteiger partial charge is 0.457 e.